The number of halogens is 1. The first-order valence-electron chi connectivity index (χ1n) is 14.6. The molecule has 2 heterocycles. The van der Waals surface area contributed by atoms with Crippen LogP contribution in [-0.4, -0.2) is 101 Å². The van der Waals surface area contributed by atoms with Crippen molar-refractivity contribution in [3.63, 3.8) is 0 Å². The van der Waals surface area contributed by atoms with Crippen molar-refractivity contribution >= 4 is 51.7 Å². The fourth-order valence-corrected chi connectivity index (χ4v) is 7.35. The number of benzene rings is 2. The number of hydrogen-bond acceptors (Lipinski definition) is 13. The third-order valence-electron chi connectivity index (χ3n) is 9.23. The van der Waals surface area contributed by atoms with E-state index in [0.717, 1.165) is 26.3 Å². The summed E-state index contributed by atoms with van der Waals surface area (Å²) in [5, 5.41) is 37.6. The van der Waals surface area contributed by atoms with Crippen molar-refractivity contribution in [2.24, 2.45) is 5.16 Å². The summed E-state index contributed by atoms with van der Waals surface area (Å²) in [4.78, 5) is 77.6. The van der Waals surface area contributed by atoms with E-state index in [4.69, 9.17) is 25.9 Å². The number of nitrogens with zero attached hydrogens (tertiary/aromatic N) is 2. The minimum atomic E-state index is -2.21. The van der Waals surface area contributed by atoms with Crippen LogP contribution in [0.4, 0.5) is 0 Å². The molecule has 1 fully saturated rings. The molecule has 1 aromatic heterocycles. The molecule has 7 rings (SSSR count). The van der Waals surface area contributed by atoms with Gasteiger partial charge in [-0.25, -0.2) is 0 Å². The summed E-state index contributed by atoms with van der Waals surface area (Å²) in [6.45, 7) is 3.82. The molecule has 0 bridgehead atoms. The van der Waals surface area contributed by atoms with E-state index >= 15 is 0 Å². The highest BCUT2D eigenvalue weighted by molar-refractivity contribution is 6.41. The molecule has 3 aromatic rings. The van der Waals surface area contributed by atoms with E-state index in [0.29, 0.717) is 26.4 Å². The summed E-state index contributed by atoms with van der Waals surface area (Å²) in [5.74, 6) is -7.00. The number of phenolic OH excluding ortho intramolecular Hbond substituents is 3. The van der Waals surface area contributed by atoms with E-state index < -0.39 is 79.4 Å². The van der Waals surface area contributed by atoms with E-state index in [2.05, 4.69) is 15.0 Å². The number of pyridine rings is 1. The van der Waals surface area contributed by atoms with E-state index in [1.54, 1.807) is 0 Å². The third kappa shape index (κ3) is 4.25. The molecule has 0 radical (unpaired) electrons. The minimum Gasteiger partial charge on any atom is -0.507 e. The molecule has 0 amide bonds. The Balaban J connectivity index is 1.29. The molecule has 2 aromatic carbocycles. The molecule has 1 spiro atoms. The lowest BCUT2D eigenvalue weighted by atomic mass is 9.76. The summed E-state index contributed by atoms with van der Waals surface area (Å²) in [6, 6.07) is 1.47. The Hall–Kier alpha value is -5.05. The highest BCUT2D eigenvalue weighted by Crippen LogP contribution is 2.58. The van der Waals surface area contributed by atoms with E-state index in [1.165, 1.54) is 12.3 Å². The number of methoxy groups -OCH3 is 1. The third-order valence-corrected chi connectivity index (χ3v) is 9.66. The van der Waals surface area contributed by atoms with Crippen molar-refractivity contribution < 1.29 is 48.8 Å². The van der Waals surface area contributed by atoms with Gasteiger partial charge >= 0.3 is 0 Å². The van der Waals surface area contributed by atoms with Crippen LogP contribution >= 0.6 is 11.6 Å². The Bertz CT molecular complexity index is 2090. The summed E-state index contributed by atoms with van der Waals surface area (Å²) >= 11 is 6.79. The Morgan fingerprint density at radius 1 is 1.02 bits per heavy atom. The van der Waals surface area contributed by atoms with Gasteiger partial charge in [0.25, 0.3) is 5.56 Å². The Kier molecular flexibility index (Phi) is 7.19. The Labute approximate surface area is 269 Å². The largest absolute Gasteiger partial charge is 0.507 e. The average molecular weight is 664 g/mol. The molecule has 0 unspecified atom stereocenters. The van der Waals surface area contributed by atoms with Gasteiger partial charge in [0.2, 0.25) is 5.78 Å². The van der Waals surface area contributed by atoms with Crippen molar-refractivity contribution in [1.82, 2.24) is 9.88 Å². The van der Waals surface area contributed by atoms with Gasteiger partial charge in [-0.3, -0.25) is 28.9 Å². The number of oxime groups is 1. The normalized spacial score (nSPS) is 20.7. The number of phenols is 3. The number of aromatic hydroxyl groups is 3. The van der Waals surface area contributed by atoms with Gasteiger partial charge in [0, 0.05) is 36.7 Å². The molecular weight excluding hydrogens is 638 g/mol. The predicted molar refractivity (Wildman–Crippen MR) is 164 cm³/mol. The predicted octanol–water partition coefficient (Wildman–Crippen LogP) is 2.15. The maximum absolute atomic E-state index is 14.2. The Morgan fingerprint density at radius 2 is 1.70 bits per heavy atom. The van der Waals surface area contributed by atoms with Crippen LogP contribution in [0.3, 0.4) is 0 Å². The molecule has 0 saturated carbocycles. The number of aromatic nitrogens is 1. The van der Waals surface area contributed by atoms with Crippen LogP contribution in [-0.2, 0) is 26.1 Å². The van der Waals surface area contributed by atoms with Gasteiger partial charge in [0.05, 0.1) is 64.9 Å². The van der Waals surface area contributed by atoms with Gasteiger partial charge < -0.3 is 34.6 Å². The molecule has 3 aliphatic carbocycles. The van der Waals surface area contributed by atoms with Gasteiger partial charge in [-0.1, -0.05) is 16.8 Å². The number of hydrogen-bond donors (Lipinski definition) is 4. The van der Waals surface area contributed by atoms with E-state index in [-0.39, 0.29) is 45.5 Å². The van der Waals surface area contributed by atoms with Crippen LogP contribution in [0.5, 0.6) is 17.2 Å². The van der Waals surface area contributed by atoms with Crippen LogP contribution < -0.4 is 5.56 Å². The number of morpholine rings is 1. The molecule has 242 valence electrons. The molecule has 1 aliphatic heterocycles. The minimum absolute atomic E-state index is 0.00150. The van der Waals surface area contributed by atoms with Crippen molar-refractivity contribution in [2.45, 2.75) is 18.3 Å². The molecule has 4 aliphatic rings. The molecule has 47 heavy (non-hydrogen) atoms. The SMILES string of the molecule is COC1=CC(=O)c2c(O)c3c(c(O)c2C1=O)C(=O)[C@]1(CCc2c1c(O)c1c(=O)[nH]c(C=NOCCN4CCOCC4)cc1c2Cl)C3=O. The second kappa shape index (κ2) is 11.0. The molecular formula is C32H26ClN3O11. The van der Waals surface area contributed by atoms with Crippen molar-refractivity contribution in [1.29, 1.82) is 0 Å². The lowest BCUT2D eigenvalue weighted by molar-refractivity contribution is 0.0214. The smallest absolute Gasteiger partial charge is 0.260 e. The number of carbonyl (C=O) groups is 4. The number of allylic oxidation sites excluding steroid dienone is 2. The second-order valence-electron chi connectivity index (χ2n) is 11.5. The lowest BCUT2D eigenvalue weighted by Crippen LogP contribution is -2.38. The van der Waals surface area contributed by atoms with Crippen molar-refractivity contribution in [3.8, 4) is 17.2 Å². The number of fused-ring (bicyclic) bond motifs is 5. The van der Waals surface area contributed by atoms with Gasteiger partial charge in [-0.2, -0.15) is 0 Å². The quantitative estimate of drug-likeness (QED) is 0.0984. The van der Waals surface area contributed by atoms with Crippen molar-refractivity contribution in [3.05, 3.63) is 72.4 Å². The number of ether oxygens (including phenoxy) is 2. The van der Waals surface area contributed by atoms with Crippen LogP contribution in [0.2, 0.25) is 5.02 Å². The number of nitrogens with one attached hydrogen (secondary N) is 1. The first kappa shape index (κ1) is 30.6. The summed E-state index contributed by atoms with van der Waals surface area (Å²) in [5.41, 5.74) is -5.51. The summed E-state index contributed by atoms with van der Waals surface area (Å²) in [6.07, 6.45) is 1.84. The molecule has 15 heteroatoms. The number of carbonyl (C=O) groups excluding carboxylic acids is 4. The van der Waals surface area contributed by atoms with Crippen LogP contribution in [0, 0.1) is 0 Å². The molecule has 1 saturated heterocycles. The topological polar surface area (TPSA) is 205 Å². The Morgan fingerprint density at radius 3 is 2.38 bits per heavy atom. The fraction of sp³-hybridized carbons (Fsp3) is 0.312. The second-order valence-corrected chi connectivity index (χ2v) is 11.9. The molecule has 4 N–H and O–H groups in total. The monoisotopic (exact) mass is 663 g/mol. The number of rotatable bonds is 6. The van der Waals surface area contributed by atoms with E-state index in [1.807, 2.05) is 0 Å². The van der Waals surface area contributed by atoms with Gasteiger partial charge in [-0.15, -0.1) is 0 Å². The summed E-state index contributed by atoms with van der Waals surface area (Å²) < 4.78 is 10.2. The van der Waals surface area contributed by atoms with Gasteiger partial charge in [-0.05, 0) is 24.5 Å². The fourth-order valence-electron chi connectivity index (χ4n) is 7.01. The average Bonchev–Trinajstić information content (AvgIpc) is 3.57. The summed E-state index contributed by atoms with van der Waals surface area (Å²) in [7, 11) is 1.13. The first-order chi connectivity index (χ1) is 22.5. The zero-order valence-electron chi connectivity index (χ0n) is 24.8. The molecule has 14 nitrogen and oxygen atoms in total. The highest BCUT2D eigenvalue weighted by atomic mass is 35.5. The lowest BCUT2D eigenvalue weighted by Gasteiger charge is -2.25. The maximum atomic E-state index is 14.2. The van der Waals surface area contributed by atoms with Crippen molar-refractivity contribution in [2.75, 3.05) is 46.6 Å². The van der Waals surface area contributed by atoms with Crippen LogP contribution in [0.15, 0.2) is 27.9 Å². The number of aromatic amines is 1. The number of ketones is 4. The van der Waals surface area contributed by atoms with Gasteiger partial charge in [0.1, 0.15) is 29.3 Å². The van der Waals surface area contributed by atoms with Crippen LogP contribution in [0.1, 0.15) is 64.7 Å². The number of Topliss-reactive ketones (excluding diaryl/α,β-unsaturated/α-hetero) is 3. The highest BCUT2D eigenvalue weighted by Gasteiger charge is 2.62. The first-order valence-corrected chi connectivity index (χ1v) is 15.0. The van der Waals surface area contributed by atoms with Gasteiger partial charge in [0.15, 0.2) is 23.1 Å². The van der Waals surface area contributed by atoms with E-state index in [9.17, 15) is 39.3 Å². The zero-order valence-corrected chi connectivity index (χ0v) is 25.5. The standard InChI is InChI=1S/C32H26ClN3O11/c1-45-17-11-16(37)19-20(25(17)38)27(40)22-21(26(19)39)29(42)32(30(22)43)3-2-14-23(32)28(41)18-15(24(14)33)10-13(35-31(18)44)12-34-47-9-6-36-4-7-46-8-5-36/h10-12,39-41H,2-9H2,1H3,(H,35,44)/t32-/m0/s1. The maximum Gasteiger partial charge on any atom is 0.260 e. The van der Waals surface area contributed by atoms with Crippen LogP contribution in [0.25, 0.3) is 10.8 Å². The molecule has 1 atom stereocenters. The number of H-pyrrole nitrogens is 1. The zero-order chi connectivity index (χ0) is 33.4.